The Labute approximate surface area is 129 Å². The number of pyridine rings is 1. The molecule has 0 bridgehead atoms. The molecule has 1 unspecified atom stereocenters. The maximum absolute atomic E-state index is 12.3. The number of carbonyl (C=O) groups excluding carboxylic acids is 1. The van der Waals surface area contributed by atoms with Gasteiger partial charge in [-0.2, -0.15) is 0 Å². The number of hydrogen-bond acceptors (Lipinski definition) is 3. The van der Waals surface area contributed by atoms with E-state index in [-0.39, 0.29) is 11.9 Å². The highest BCUT2D eigenvalue weighted by Crippen LogP contribution is 2.13. The lowest BCUT2D eigenvalue weighted by atomic mass is 10.1. The summed E-state index contributed by atoms with van der Waals surface area (Å²) >= 11 is 5.98. The van der Waals surface area contributed by atoms with Crippen LogP contribution in [0.5, 0.6) is 0 Å². The molecule has 5 heteroatoms. The highest BCUT2D eigenvalue weighted by Gasteiger charge is 2.13. The van der Waals surface area contributed by atoms with Crippen LogP contribution in [0.4, 0.5) is 0 Å². The molecule has 0 saturated carbocycles. The minimum atomic E-state index is -0.143. The van der Waals surface area contributed by atoms with Crippen LogP contribution in [0, 0.1) is 0 Å². The smallest absolute Gasteiger partial charge is 0.251 e. The number of halogens is 1. The largest absolute Gasteiger partial charge is 0.469 e. The van der Waals surface area contributed by atoms with Crippen molar-refractivity contribution in [2.75, 3.05) is 0 Å². The molecule has 4 nitrogen and oxygen atoms in total. The number of hydrogen-bond donors (Lipinski definition) is 1. The van der Waals surface area contributed by atoms with Gasteiger partial charge in [-0.25, -0.2) is 4.98 Å². The van der Waals surface area contributed by atoms with Crippen molar-refractivity contribution >= 4 is 17.5 Å². The van der Waals surface area contributed by atoms with Crippen molar-refractivity contribution in [1.82, 2.24) is 10.3 Å². The summed E-state index contributed by atoms with van der Waals surface area (Å²) in [5, 5.41) is 3.30. The minimum Gasteiger partial charge on any atom is -0.469 e. The molecule has 1 N–H and O–H groups in total. The summed E-state index contributed by atoms with van der Waals surface area (Å²) in [5.74, 6) is 0.706. The first-order chi connectivity index (χ1) is 10.1. The number of aryl methyl sites for hydroxylation is 1. The molecule has 0 aliphatic heterocycles. The van der Waals surface area contributed by atoms with Crippen molar-refractivity contribution < 1.29 is 9.21 Å². The van der Waals surface area contributed by atoms with Gasteiger partial charge in [0.1, 0.15) is 10.9 Å². The van der Waals surface area contributed by atoms with E-state index in [2.05, 4.69) is 17.2 Å². The Kier molecular flexibility index (Phi) is 5.39. The number of nitrogens with zero attached hydrogens (tertiary/aromatic N) is 1. The normalized spacial score (nSPS) is 12.1. The van der Waals surface area contributed by atoms with Crippen molar-refractivity contribution in [1.29, 1.82) is 0 Å². The molecule has 0 aromatic carbocycles. The molecule has 2 rings (SSSR count). The Hall–Kier alpha value is -1.81. The Bertz CT molecular complexity index is 596. The number of amides is 1. The molecule has 21 heavy (non-hydrogen) atoms. The highest BCUT2D eigenvalue weighted by molar-refractivity contribution is 6.29. The van der Waals surface area contributed by atoms with E-state index in [1.165, 1.54) is 0 Å². The summed E-state index contributed by atoms with van der Waals surface area (Å²) in [4.78, 5) is 16.5. The van der Waals surface area contributed by atoms with Gasteiger partial charge in [0.15, 0.2) is 0 Å². The summed E-state index contributed by atoms with van der Waals surface area (Å²) in [6.45, 7) is 4.00. The van der Waals surface area contributed by atoms with Crippen LogP contribution in [-0.4, -0.2) is 16.9 Å². The molecule has 1 amide bonds. The van der Waals surface area contributed by atoms with Crippen molar-refractivity contribution in [3.63, 3.8) is 0 Å². The highest BCUT2D eigenvalue weighted by atomic mass is 35.5. The molecular formula is C16H19ClN2O2. The van der Waals surface area contributed by atoms with Crippen molar-refractivity contribution in [3.8, 4) is 0 Å². The Balaban J connectivity index is 2.02. The molecule has 0 aliphatic carbocycles. The number of nitrogens with one attached hydrogen (secondary N) is 1. The standard InChI is InChI=1S/C16H19ClN2O2/c1-3-5-13-9-12(10-15(17)19-13)16(20)18-11(2)8-14-6-4-7-21-14/h4,6-7,9-11H,3,5,8H2,1-2H3,(H,18,20). The van der Waals surface area contributed by atoms with Crippen LogP contribution < -0.4 is 5.32 Å². The fourth-order valence-corrected chi connectivity index (χ4v) is 2.38. The van der Waals surface area contributed by atoms with Crippen molar-refractivity contribution in [2.45, 2.75) is 39.2 Å². The zero-order valence-electron chi connectivity index (χ0n) is 12.2. The maximum atomic E-state index is 12.3. The second kappa shape index (κ2) is 7.27. The fraction of sp³-hybridized carbons (Fsp3) is 0.375. The second-order valence-electron chi connectivity index (χ2n) is 5.08. The fourth-order valence-electron chi connectivity index (χ4n) is 2.16. The zero-order chi connectivity index (χ0) is 15.2. The lowest BCUT2D eigenvalue weighted by molar-refractivity contribution is 0.0939. The Morgan fingerprint density at radius 2 is 2.29 bits per heavy atom. The SMILES string of the molecule is CCCc1cc(C(=O)NC(C)Cc2ccco2)cc(Cl)n1. The van der Waals surface area contributed by atoms with Crippen LogP contribution in [0.25, 0.3) is 0 Å². The Morgan fingerprint density at radius 3 is 2.95 bits per heavy atom. The van der Waals surface area contributed by atoms with Crippen molar-refractivity contribution in [2.24, 2.45) is 0 Å². The molecule has 1 atom stereocenters. The molecule has 0 saturated heterocycles. The van der Waals surface area contributed by atoms with Gasteiger partial charge in [-0.1, -0.05) is 24.9 Å². The minimum absolute atomic E-state index is 0.0229. The van der Waals surface area contributed by atoms with Gasteiger partial charge >= 0.3 is 0 Å². The first-order valence-corrected chi connectivity index (χ1v) is 7.46. The quantitative estimate of drug-likeness (QED) is 0.829. The van der Waals surface area contributed by atoms with E-state index in [1.54, 1.807) is 18.4 Å². The number of aromatic nitrogens is 1. The number of rotatable bonds is 6. The predicted octanol–water partition coefficient (Wildman–Crippen LogP) is 3.64. The van der Waals surface area contributed by atoms with Gasteiger partial charge < -0.3 is 9.73 Å². The average molecular weight is 307 g/mol. The Morgan fingerprint density at radius 1 is 1.48 bits per heavy atom. The first kappa shape index (κ1) is 15.6. The van der Waals surface area contributed by atoms with Gasteiger partial charge in [0.05, 0.1) is 6.26 Å². The molecule has 2 aromatic rings. The van der Waals surface area contributed by atoms with Gasteiger partial charge in [0.2, 0.25) is 0 Å². The van der Waals surface area contributed by atoms with E-state index < -0.39 is 0 Å². The third-order valence-corrected chi connectivity index (χ3v) is 3.27. The van der Waals surface area contributed by atoms with Gasteiger partial charge in [-0.15, -0.1) is 0 Å². The summed E-state index contributed by atoms with van der Waals surface area (Å²) in [7, 11) is 0. The first-order valence-electron chi connectivity index (χ1n) is 7.08. The third-order valence-electron chi connectivity index (χ3n) is 3.08. The maximum Gasteiger partial charge on any atom is 0.251 e. The van der Waals surface area contributed by atoms with Crippen LogP contribution in [0.15, 0.2) is 34.9 Å². The molecule has 2 heterocycles. The van der Waals surface area contributed by atoms with Crippen LogP contribution in [0.2, 0.25) is 5.15 Å². The van der Waals surface area contributed by atoms with E-state index in [9.17, 15) is 4.79 Å². The summed E-state index contributed by atoms with van der Waals surface area (Å²) in [5.41, 5.74) is 1.39. The van der Waals surface area contributed by atoms with E-state index >= 15 is 0 Å². The van der Waals surface area contributed by atoms with E-state index in [1.807, 2.05) is 19.1 Å². The second-order valence-corrected chi connectivity index (χ2v) is 5.47. The van der Waals surface area contributed by atoms with Crippen molar-refractivity contribution in [3.05, 3.63) is 52.7 Å². The summed E-state index contributed by atoms with van der Waals surface area (Å²) in [6.07, 6.45) is 4.05. The van der Waals surface area contributed by atoms with Crippen LogP contribution in [0.1, 0.15) is 42.1 Å². The molecule has 0 spiro atoms. The van der Waals surface area contributed by atoms with Gasteiger partial charge in [-0.3, -0.25) is 4.79 Å². The molecular weight excluding hydrogens is 288 g/mol. The molecule has 2 aromatic heterocycles. The molecule has 0 radical (unpaired) electrons. The van der Waals surface area contributed by atoms with E-state index in [4.69, 9.17) is 16.0 Å². The van der Waals surface area contributed by atoms with Gasteiger partial charge in [-0.05, 0) is 37.6 Å². The number of furan rings is 1. The topological polar surface area (TPSA) is 55.1 Å². The molecule has 0 fully saturated rings. The van der Waals surface area contributed by atoms with E-state index in [0.29, 0.717) is 17.1 Å². The van der Waals surface area contributed by atoms with Gasteiger partial charge in [0, 0.05) is 23.7 Å². The lowest BCUT2D eigenvalue weighted by Gasteiger charge is -2.13. The predicted molar refractivity (Wildman–Crippen MR) is 82.6 cm³/mol. The molecule has 112 valence electrons. The summed E-state index contributed by atoms with van der Waals surface area (Å²) < 4.78 is 5.28. The zero-order valence-corrected chi connectivity index (χ0v) is 13.0. The third kappa shape index (κ3) is 4.60. The van der Waals surface area contributed by atoms with Gasteiger partial charge in [0.25, 0.3) is 5.91 Å². The summed E-state index contributed by atoms with van der Waals surface area (Å²) in [6, 6.07) is 7.10. The van der Waals surface area contributed by atoms with Crippen LogP contribution >= 0.6 is 11.6 Å². The number of carbonyl (C=O) groups is 1. The van der Waals surface area contributed by atoms with Crippen LogP contribution in [0.3, 0.4) is 0 Å². The average Bonchev–Trinajstić information content (AvgIpc) is 2.91. The monoisotopic (exact) mass is 306 g/mol. The molecule has 0 aliphatic rings. The van der Waals surface area contributed by atoms with E-state index in [0.717, 1.165) is 24.3 Å². The van der Waals surface area contributed by atoms with Crippen LogP contribution in [-0.2, 0) is 12.8 Å². The lowest BCUT2D eigenvalue weighted by Crippen LogP contribution is -2.34.